The van der Waals surface area contributed by atoms with Crippen LogP contribution in [0, 0.1) is 0 Å². The first-order valence-corrected chi connectivity index (χ1v) is 8.02. The lowest BCUT2D eigenvalue weighted by Gasteiger charge is -2.34. The van der Waals surface area contributed by atoms with Gasteiger partial charge in [0.1, 0.15) is 6.04 Å². The normalized spacial score (nSPS) is 25.5. The van der Waals surface area contributed by atoms with Crippen molar-refractivity contribution in [3.63, 3.8) is 0 Å². The first-order chi connectivity index (χ1) is 11.2. The van der Waals surface area contributed by atoms with E-state index in [0.717, 1.165) is 38.7 Å². The summed E-state index contributed by atoms with van der Waals surface area (Å²) in [5.74, 6) is 0.813. The Kier molecular flexibility index (Phi) is 5.34. The smallest absolute Gasteiger partial charge is 0.240 e. The second kappa shape index (κ2) is 7.64. The predicted octanol–water partition coefficient (Wildman–Crippen LogP) is -1.92. The van der Waals surface area contributed by atoms with Crippen LogP contribution in [0.3, 0.4) is 0 Å². The Morgan fingerprint density at radius 1 is 1.26 bits per heavy atom. The molecule has 2 saturated heterocycles. The van der Waals surface area contributed by atoms with Gasteiger partial charge in [0.05, 0.1) is 0 Å². The molecule has 2 unspecified atom stereocenters. The molecule has 2 fully saturated rings. The van der Waals surface area contributed by atoms with Crippen molar-refractivity contribution >= 4 is 11.9 Å². The molecule has 9 heteroatoms. The van der Waals surface area contributed by atoms with Gasteiger partial charge in [0.2, 0.25) is 11.9 Å². The third kappa shape index (κ3) is 4.14. The molecule has 3 rings (SSSR count). The molecule has 0 radical (unpaired) electrons. The average molecular weight is 320 g/mol. The minimum absolute atomic E-state index is 0.0197. The quantitative estimate of drug-likeness (QED) is 0.499. The fourth-order valence-corrected chi connectivity index (χ4v) is 2.81. The number of hydrazine groups is 2. The number of carbonyl (C=O) groups is 1. The Balaban J connectivity index is 1.35. The predicted molar refractivity (Wildman–Crippen MR) is 86.4 cm³/mol. The Bertz CT molecular complexity index is 505. The van der Waals surface area contributed by atoms with E-state index in [0.29, 0.717) is 6.54 Å². The molecule has 2 aliphatic heterocycles. The molecule has 4 N–H and O–H groups in total. The van der Waals surface area contributed by atoms with Gasteiger partial charge >= 0.3 is 0 Å². The van der Waals surface area contributed by atoms with Gasteiger partial charge in [0.25, 0.3) is 0 Å². The lowest BCUT2D eigenvalue weighted by Crippen LogP contribution is -2.51. The molecule has 23 heavy (non-hydrogen) atoms. The topological polar surface area (TPSA) is 97.4 Å². The summed E-state index contributed by atoms with van der Waals surface area (Å²) in [4.78, 5) is 25.1. The standard InChI is InChI=1S/C14H24N8O/c1-11-12(19-20-18-11)13(23)15-5-6-21-7-9-22(10-8-21)14-16-3-2-4-17-14/h2-4,11-12,18-20H,5-10H2,1H3,(H,15,23). The highest BCUT2D eigenvalue weighted by molar-refractivity contribution is 5.82. The Labute approximate surface area is 135 Å². The number of piperazine rings is 1. The average Bonchev–Trinajstić information content (AvgIpc) is 3.02. The van der Waals surface area contributed by atoms with Crippen molar-refractivity contribution in [2.45, 2.75) is 19.0 Å². The van der Waals surface area contributed by atoms with E-state index < -0.39 is 0 Å². The van der Waals surface area contributed by atoms with Gasteiger partial charge in [-0.3, -0.25) is 9.69 Å². The summed E-state index contributed by atoms with van der Waals surface area (Å²) >= 11 is 0. The van der Waals surface area contributed by atoms with Crippen LogP contribution in [0.1, 0.15) is 6.92 Å². The zero-order valence-corrected chi connectivity index (χ0v) is 13.3. The molecular formula is C14H24N8O. The van der Waals surface area contributed by atoms with Crippen LogP contribution in [0.5, 0.6) is 0 Å². The Morgan fingerprint density at radius 3 is 2.65 bits per heavy atom. The third-order valence-electron chi connectivity index (χ3n) is 4.24. The summed E-state index contributed by atoms with van der Waals surface area (Å²) in [6.07, 6.45) is 3.54. The molecule has 3 heterocycles. The van der Waals surface area contributed by atoms with Gasteiger partial charge in [-0.15, -0.1) is 0 Å². The second-order valence-corrected chi connectivity index (χ2v) is 5.85. The maximum atomic E-state index is 12.0. The van der Waals surface area contributed by atoms with Gasteiger partial charge in [-0.1, -0.05) is 0 Å². The fourth-order valence-electron chi connectivity index (χ4n) is 2.81. The highest BCUT2D eigenvalue weighted by Crippen LogP contribution is 2.09. The molecule has 9 nitrogen and oxygen atoms in total. The molecule has 126 valence electrons. The van der Waals surface area contributed by atoms with Crippen LogP contribution in [-0.4, -0.2) is 72.1 Å². The van der Waals surface area contributed by atoms with Gasteiger partial charge in [-0.25, -0.2) is 20.8 Å². The molecule has 1 amide bonds. The number of anilines is 1. The molecule has 1 aromatic rings. The Morgan fingerprint density at radius 2 is 2.00 bits per heavy atom. The third-order valence-corrected chi connectivity index (χ3v) is 4.24. The molecule has 2 aliphatic rings. The van der Waals surface area contributed by atoms with Gasteiger partial charge in [0.15, 0.2) is 0 Å². The van der Waals surface area contributed by atoms with E-state index in [1.807, 2.05) is 13.0 Å². The van der Waals surface area contributed by atoms with E-state index in [-0.39, 0.29) is 18.0 Å². The van der Waals surface area contributed by atoms with E-state index in [1.54, 1.807) is 12.4 Å². The number of hydrogen-bond donors (Lipinski definition) is 4. The van der Waals surface area contributed by atoms with Crippen LogP contribution in [0.2, 0.25) is 0 Å². The SMILES string of the molecule is CC1NNNC1C(=O)NCCN1CCN(c2ncccn2)CC1. The maximum absolute atomic E-state index is 12.0. The van der Waals surface area contributed by atoms with E-state index >= 15 is 0 Å². The molecule has 2 atom stereocenters. The highest BCUT2D eigenvalue weighted by atomic mass is 16.2. The van der Waals surface area contributed by atoms with Gasteiger partial charge in [0, 0.05) is 57.7 Å². The minimum atomic E-state index is -0.234. The summed E-state index contributed by atoms with van der Waals surface area (Å²) in [6.45, 7) is 7.20. The van der Waals surface area contributed by atoms with E-state index in [2.05, 4.69) is 41.5 Å². The molecular weight excluding hydrogens is 296 g/mol. The van der Waals surface area contributed by atoms with Crippen LogP contribution in [0.25, 0.3) is 0 Å². The van der Waals surface area contributed by atoms with Gasteiger partial charge in [-0.2, -0.15) is 5.53 Å². The van der Waals surface area contributed by atoms with Gasteiger partial charge in [-0.05, 0) is 13.0 Å². The molecule has 0 aromatic carbocycles. The van der Waals surface area contributed by atoms with Crippen molar-refractivity contribution < 1.29 is 4.79 Å². The van der Waals surface area contributed by atoms with Crippen LogP contribution in [0.15, 0.2) is 18.5 Å². The molecule has 0 saturated carbocycles. The lowest BCUT2D eigenvalue weighted by molar-refractivity contribution is -0.123. The van der Waals surface area contributed by atoms with Crippen molar-refractivity contribution in [1.82, 2.24) is 36.6 Å². The highest BCUT2D eigenvalue weighted by Gasteiger charge is 2.29. The largest absolute Gasteiger partial charge is 0.353 e. The van der Waals surface area contributed by atoms with Crippen molar-refractivity contribution in [1.29, 1.82) is 0 Å². The van der Waals surface area contributed by atoms with Crippen molar-refractivity contribution in [3.05, 3.63) is 18.5 Å². The molecule has 1 aromatic heterocycles. The summed E-state index contributed by atoms with van der Waals surface area (Å²) in [5.41, 5.74) is 8.65. The monoisotopic (exact) mass is 320 g/mol. The zero-order chi connectivity index (χ0) is 16.1. The number of carbonyl (C=O) groups excluding carboxylic acids is 1. The number of hydrogen-bond acceptors (Lipinski definition) is 8. The van der Waals surface area contributed by atoms with Crippen molar-refractivity contribution in [3.8, 4) is 0 Å². The number of nitrogens with one attached hydrogen (secondary N) is 4. The van der Waals surface area contributed by atoms with Crippen LogP contribution >= 0.6 is 0 Å². The van der Waals surface area contributed by atoms with E-state index in [4.69, 9.17) is 0 Å². The minimum Gasteiger partial charge on any atom is -0.353 e. The van der Waals surface area contributed by atoms with Crippen LogP contribution in [-0.2, 0) is 4.79 Å². The summed E-state index contributed by atoms with van der Waals surface area (Å²) < 4.78 is 0. The van der Waals surface area contributed by atoms with Gasteiger partial charge < -0.3 is 10.2 Å². The summed E-state index contributed by atoms with van der Waals surface area (Å²) in [7, 11) is 0. The van der Waals surface area contributed by atoms with Crippen LogP contribution in [0.4, 0.5) is 5.95 Å². The van der Waals surface area contributed by atoms with E-state index in [9.17, 15) is 4.79 Å². The molecule has 0 aliphatic carbocycles. The molecule has 0 bridgehead atoms. The van der Waals surface area contributed by atoms with E-state index in [1.165, 1.54) is 0 Å². The summed E-state index contributed by atoms with van der Waals surface area (Å²) in [5, 5.41) is 2.98. The first-order valence-electron chi connectivity index (χ1n) is 8.02. The fraction of sp³-hybridized carbons (Fsp3) is 0.643. The number of nitrogens with zero attached hydrogens (tertiary/aromatic N) is 4. The maximum Gasteiger partial charge on any atom is 0.240 e. The van der Waals surface area contributed by atoms with Crippen molar-refractivity contribution in [2.24, 2.45) is 0 Å². The summed E-state index contributed by atoms with van der Waals surface area (Å²) in [6, 6.07) is 1.67. The van der Waals surface area contributed by atoms with Crippen molar-refractivity contribution in [2.75, 3.05) is 44.2 Å². The second-order valence-electron chi connectivity index (χ2n) is 5.85. The first kappa shape index (κ1) is 16.1. The Hall–Kier alpha value is -1.81. The number of aromatic nitrogens is 2. The molecule has 0 spiro atoms. The number of amides is 1. The van der Waals surface area contributed by atoms with Crippen LogP contribution < -0.4 is 26.6 Å². The lowest BCUT2D eigenvalue weighted by atomic mass is 10.1. The number of rotatable bonds is 5. The zero-order valence-electron chi connectivity index (χ0n) is 13.3.